The van der Waals surface area contributed by atoms with Gasteiger partial charge in [-0.3, -0.25) is 0 Å². The highest BCUT2D eigenvalue weighted by Gasteiger charge is 2.13. The Balaban J connectivity index is 2.61. The summed E-state index contributed by atoms with van der Waals surface area (Å²) in [6.45, 7) is 2.07. The van der Waals surface area contributed by atoms with Gasteiger partial charge in [-0.1, -0.05) is 12.1 Å². The molecule has 1 aromatic carbocycles. The van der Waals surface area contributed by atoms with E-state index in [-0.39, 0.29) is 5.75 Å². The van der Waals surface area contributed by atoms with Crippen LogP contribution < -0.4 is 0 Å². The van der Waals surface area contributed by atoms with Gasteiger partial charge in [0.15, 0.2) is 0 Å². The lowest BCUT2D eigenvalue weighted by atomic mass is 10.0. The molecular formula is C12H19NO2. The minimum absolute atomic E-state index is 0.228. The first-order chi connectivity index (χ1) is 7.00. The molecule has 2 N–H and O–H groups in total. The molecule has 0 aliphatic carbocycles. The second kappa shape index (κ2) is 5.14. The predicted octanol–water partition coefficient (Wildman–Crippen LogP) is 1.77. The fourth-order valence-corrected chi connectivity index (χ4v) is 1.37. The molecule has 3 nitrogen and oxygen atoms in total. The third kappa shape index (κ3) is 3.53. The normalized spacial score (nSPS) is 15.3. The van der Waals surface area contributed by atoms with Crippen LogP contribution in [0.1, 0.15) is 25.0 Å². The SMILES string of the molecule is CC(CC(O)c1ccc(O)cc1)N(C)C. The number of aliphatic hydroxyl groups is 1. The van der Waals surface area contributed by atoms with Crippen LogP contribution >= 0.6 is 0 Å². The molecule has 15 heavy (non-hydrogen) atoms. The van der Waals surface area contributed by atoms with Crippen LogP contribution in [0, 0.1) is 0 Å². The molecule has 2 atom stereocenters. The summed E-state index contributed by atoms with van der Waals surface area (Å²) in [6.07, 6.45) is 0.223. The number of nitrogens with zero attached hydrogens (tertiary/aromatic N) is 1. The van der Waals surface area contributed by atoms with E-state index in [0.717, 1.165) is 5.56 Å². The van der Waals surface area contributed by atoms with Gasteiger partial charge < -0.3 is 15.1 Å². The lowest BCUT2D eigenvalue weighted by Gasteiger charge is -2.22. The highest BCUT2D eigenvalue weighted by Crippen LogP contribution is 2.21. The highest BCUT2D eigenvalue weighted by atomic mass is 16.3. The zero-order chi connectivity index (χ0) is 11.4. The number of phenols is 1. The molecule has 84 valence electrons. The van der Waals surface area contributed by atoms with Crippen molar-refractivity contribution >= 4 is 0 Å². The Kier molecular flexibility index (Phi) is 4.12. The summed E-state index contributed by atoms with van der Waals surface area (Å²) >= 11 is 0. The lowest BCUT2D eigenvalue weighted by Crippen LogP contribution is -2.26. The van der Waals surface area contributed by atoms with Gasteiger partial charge >= 0.3 is 0 Å². The first-order valence-corrected chi connectivity index (χ1v) is 5.14. The quantitative estimate of drug-likeness (QED) is 0.794. The zero-order valence-corrected chi connectivity index (χ0v) is 9.51. The summed E-state index contributed by atoms with van der Waals surface area (Å²) in [6, 6.07) is 7.02. The van der Waals surface area contributed by atoms with E-state index in [1.807, 2.05) is 14.1 Å². The summed E-state index contributed by atoms with van der Waals surface area (Å²) in [4.78, 5) is 2.07. The van der Waals surface area contributed by atoms with Gasteiger partial charge in [-0.05, 0) is 45.1 Å². The van der Waals surface area contributed by atoms with Gasteiger partial charge in [0.2, 0.25) is 0 Å². The molecule has 0 bridgehead atoms. The van der Waals surface area contributed by atoms with Crippen molar-refractivity contribution in [3.63, 3.8) is 0 Å². The zero-order valence-electron chi connectivity index (χ0n) is 9.51. The fraction of sp³-hybridized carbons (Fsp3) is 0.500. The monoisotopic (exact) mass is 209 g/mol. The van der Waals surface area contributed by atoms with Crippen LogP contribution in [0.4, 0.5) is 0 Å². The van der Waals surface area contributed by atoms with Crippen LogP contribution in [0.5, 0.6) is 5.75 Å². The third-order valence-corrected chi connectivity index (χ3v) is 2.72. The molecule has 1 rings (SSSR count). The Bertz CT molecular complexity index is 295. The van der Waals surface area contributed by atoms with Crippen LogP contribution in [-0.2, 0) is 0 Å². The Morgan fingerprint density at radius 1 is 1.20 bits per heavy atom. The van der Waals surface area contributed by atoms with Gasteiger partial charge in [0, 0.05) is 6.04 Å². The smallest absolute Gasteiger partial charge is 0.115 e. The highest BCUT2D eigenvalue weighted by molar-refractivity contribution is 5.27. The topological polar surface area (TPSA) is 43.7 Å². The molecule has 2 unspecified atom stereocenters. The van der Waals surface area contributed by atoms with Crippen LogP contribution in [-0.4, -0.2) is 35.3 Å². The van der Waals surface area contributed by atoms with Crippen molar-refractivity contribution in [3.8, 4) is 5.75 Å². The first-order valence-electron chi connectivity index (χ1n) is 5.14. The van der Waals surface area contributed by atoms with E-state index in [1.54, 1.807) is 24.3 Å². The lowest BCUT2D eigenvalue weighted by molar-refractivity contribution is 0.130. The molecular weight excluding hydrogens is 190 g/mol. The van der Waals surface area contributed by atoms with Crippen molar-refractivity contribution in [2.24, 2.45) is 0 Å². The molecule has 0 aliphatic heterocycles. The van der Waals surface area contributed by atoms with Crippen LogP contribution in [0.2, 0.25) is 0 Å². The van der Waals surface area contributed by atoms with Crippen molar-refractivity contribution in [1.82, 2.24) is 4.90 Å². The molecule has 0 heterocycles. The maximum absolute atomic E-state index is 9.92. The minimum Gasteiger partial charge on any atom is -0.508 e. The van der Waals surface area contributed by atoms with Gasteiger partial charge in [-0.2, -0.15) is 0 Å². The van der Waals surface area contributed by atoms with Crippen molar-refractivity contribution in [2.45, 2.75) is 25.5 Å². The molecule has 3 heteroatoms. The van der Waals surface area contributed by atoms with Crippen molar-refractivity contribution < 1.29 is 10.2 Å². The van der Waals surface area contributed by atoms with Crippen LogP contribution in [0.15, 0.2) is 24.3 Å². The maximum Gasteiger partial charge on any atom is 0.115 e. The summed E-state index contributed by atoms with van der Waals surface area (Å²) in [5.41, 5.74) is 0.849. The van der Waals surface area contributed by atoms with E-state index in [9.17, 15) is 5.11 Å². The van der Waals surface area contributed by atoms with Gasteiger partial charge in [0.1, 0.15) is 5.75 Å². The Labute approximate surface area is 91.0 Å². The van der Waals surface area contributed by atoms with Crippen LogP contribution in [0.25, 0.3) is 0 Å². The number of aromatic hydroxyl groups is 1. The molecule has 0 spiro atoms. The minimum atomic E-state index is -0.469. The van der Waals surface area contributed by atoms with E-state index in [1.165, 1.54) is 0 Å². The number of phenolic OH excluding ortho intramolecular Hbond substituents is 1. The number of hydrogen-bond donors (Lipinski definition) is 2. The summed E-state index contributed by atoms with van der Waals surface area (Å²) in [5, 5.41) is 19.0. The summed E-state index contributed by atoms with van der Waals surface area (Å²) < 4.78 is 0. The predicted molar refractivity (Wildman–Crippen MR) is 60.8 cm³/mol. The first kappa shape index (κ1) is 12.0. The molecule has 1 aromatic rings. The van der Waals surface area contributed by atoms with E-state index >= 15 is 0 Å². The van der Waals surface area contributed by atoms with Gasteiger partial charge in [-0.25, -0.2) is 0 Å². The van der Waals surface area contributed by atoms with Crippen molar-refractivity contribution in [1.29, 1.82) is 0 Å². The molecule has 0 aliphatic rings. The summed E-state index contributed by atoms with van der Waals surface area (Å²) in [7, 11) is 3.99. The number of rotatable bonds is 4. The molecule has 0 fully saturated rings. The van der Waals surface area contributed by atoms with Gasteiger partial charge in [-0.15, -0.1) is 0 Å². The van der Waals surface area contributed by atoms with E-state index in [0.29, 0.717) is 12.5 Å². The van der Waals surface area contributed by atoms with Gasteiger partial charge in [0.05, 0.1) is 6.10 Å². The number of aliphatic hydroxyl groups excluding tert-OH is 1. The van der Waals surface area contributed by atoms with E-state index < -0.39 is 6.10 Å². The Morgan fingerprint density at radius 2 is 1.73 bits per heavy atom. The average Bonchev–Trinajstić information content (AvgIpc) is 2.18. The maximum atomic E-state index is 9.92. The number of hydrogen-bond acceptors (Lipinski definition) is 3. The third-order valence-electron chi connectivity index (χ3n) is 2.72. The van der Waals surface area contributed by atoms with E-state index in [2.05, 4.69) is 11.8 Å². The standard InChI is InChI=1S/C12H19NO2/c1-9(13(2)3)8-12(15)10-4-6-11(14)7-5-10/h4-7,9,12,14-15H,8H2,1-3H3. The van der Waals surface area contributed by atoms with Crippen LogP contribution in [0.3, 0.4) is 0 Å². The molecule has 0 radical (unpaired) electrons. The number of benzene rings is 1. The Morgan fingerprint density at radius 3 is 2.20 bits per heavy atom. The second-order valence-corrected chi connectivity index (χ2v) is 4.16. The molecule has 0 aromatic heterocycles. The second-order valence-electron chi connectivity index (χ2n) is 4.16. The van der Waals surface area contributed by atoms with E-state index in [4.69, 9.17) is 5.11 Å². The molecule has 0 saturated carbocycles. The van der Waals surface area contributed by atoms with Gasteiger partial charge in [0.25, 0.3) is 0 Å². The van der Waals surface area contributed by atoms with Crippen molar-refractivity contribution in [3.05, 3.63) is 29.8 Å². The fourth-order valence-electron chi connectivity index (χ4n) is 1.37. The summed E-state index contributed by atoms with van der Waals surface area (Å²) in [5.74, 6) is 0.228. The molecule has 0 amide bonds. The Hall–Kier alpha value is -1.06. The average molecular weight is 209 g/mol. The van der Waals surface area contributed by atoms with Crippen molar-refractivity contribution in [2.75, 3.05) is 14.1 Å². The largest absolute Gasteiger partial charge is 0.508 e. The molecule has 0 saturated heterocycles.